The highest BCUT2D eigenvalue weighted by molar-refractivity contribution is 5.66. The lowest BCUT2D eigenvalue weighted by atomic mass is 10.1. The van der Waals surface area contributed by atoms with Gasteiger partial charge in [-0.2, -0.15) is 0 Å². The lowest BCUT2D eigenvalue weighted by Gasteiger charge is -2.35. The third-order valence-electron chi connectivity index (χ3n) is 3.36. The number of carboxylic acids is 1. The fraction of sp³-hybridized carbons (Fsp3) is 0.643. The van der Waals surface area contributed by atoms with Crippen molar-refractivity contribution in [1.82, 2.24) is 4.90 Å². The average Bonchev–Trinajstić information content (AvgIpc) is 2.45. The van der Waals surface area contributed by atoms with E-state index in [-0.39, 0.29) is 12.6 Å². The van der Waals surface area contributed by atoms with Crippen LogP contribution in [0.2, 0.25) is 0 Å². The number of carbonyl (C=O) groups is 1. The lowest BCUT2D eigenvalue weighted by Crippen LogP contribution is -2.43. The maximum atomic E-state index is 10.7. The highest BCUT2D eigenvalue weighted by Gasteiger charge is 2.25. The molecule has 2 aliphatic rings. The van der Waals surface area contributed by atoms with Crippen LogP contribution < -0.4 is 0 Å². The normalized spacial score (nSPS) is 24.9. The van der Waals surface area contributed by atoms with E-state index in [1.54, 1.807) is 12.3 Å². The zero-order valence-corrected chi connectivity index (χ0v) is 11.0. The van der Waals surface area contributed by atoms with Crippen LogP contribution >= 0.6 is 0 Å². The van der Waals surface area contributed by atoms with Gasteiger partial charge >= 0.3 is 5.97 Å². The Kier molecular flexibility index (Phi) is 5.42. The Bertz CT molecular complexity index is 347. The molecule has 0 aromatic carbocycles. The number of hydrogen-bond acceptors (Lipinski definition) is 4. The molecule has 0 spiro atoms. The summed E-state index contributed by atoms with van der Waals surface area (Å²) in [6.07, 6.45) is 10.6. The van der Waals surface area contributed by atoms with Crippen molar-refractivity contribution in [3.05, 3.63) is 24.5 Å². The molecule has 2 atom stereocenters. The summed E-state index contributed by atoms with van der Waals surface area (Å²) in [6, 6.07) is 0. The Hall–Kier alpha value is -1.33. The highest BCUT2D eigenvalue weighted by atomic mass is 16.7. The van der Waals surface area contributed by atoms with Gasteiger partial charge in [0.25, 0.3) is 0 Å². The zero-order valence-electron chi connectivity index (χ0n) is 11.0. The van der Waals surface area contributed by atoms with Crippen LogP contribution in [0.15, 0.2) is 24.5 Å². The van der Waals surface area contributed by atoms with Gasteiger partial charge in [0.1, 0.15) is 6.23 Å². The molecule has 5 nitrogen and oxygen atoms in total. The van der Waals surface area contributed by atoms with Crippen molar-refractivity contribution in [2.24, 2.45) is 0 Å². The van der Waals surface area contributed by atoms with Crippen molar-refractivity contribution in [2.75, 3.05) is 13.1 Å². The van der Waals surface area contributed by atoms with E-state index >= 15 is 0 Å². The Morgan fingerprint density at radius 3 is 2.79 bits per heavy atom. The number of allylic oxidation sites excluding steroid dienone is 2. The van der Waals surface area contributed by atoms with Gasteiger partial charge in [0.05, 0.1) is 6.26 Å². The molecule has 1 N–H and O–H groups in total. The largest absolute Gasteiger partial charge is 0.481 e. The monoisotopic (exact) mass is 267 g/mol. The number of aliphatic carboxylic acids is 1. The van der Waals surface area contributed by atoms with Gasteiger partial charge in [-0.25, -0.2) is 0 Å². The Morgan fingerprint density at radius 1 is 1.37 bits per heavy atom. The van der Waals surface area contributed by atoms with Gasteiger partial charge in [-0.1, -0.05) is 12.5 Å². The minimum atomic E-state index is -0.786. The molecule has 0 radical (unpaired) electrons. The lowest BCUT2D eigenvalue weighted by molar-refractivity contribution is -0.172. The molecule has 1 saturated heterocycles. The second-order valence-corrected chi connectivity index (χ2v) is 4.84. The predicted molar refractivity (Wildman–Crippen MR) is 70.3 cm³/mol. The average molecular weight is 267 g/mol. The molecule has 2 heterocycles. The highest BCUT2D eigenvalue weighted by Crippen LogP contribution is 2.19. The summed E-state index contributed by atoms with van der Waals surface area (Å²) in [5, 5.41) is 8.84. The van der Waals surface area contributed by atoms with Gasteiger partial charge < -0.3 is 14.6 Å². The molecule has 1 fully saturated rings. The SMILES string of the molecule is O=C(O)CCC(OC1C=CC=CO1)N1CCCCC1. The van der Waals surface area contributed by atoms with Crippen molar-refractivity contribution < 1.29 is 19.4 Å². The molecule has 0 saturated carbocycles. The summed E-state index contributed by atoms with van der Waals surface area (Å²) in [5.74, 6) is -0.786. The van der Waals surface area contributed by atoms with Gasteiger partial charge in [-0.15, -0.1) is 0 Å². The van der Waals surface area contributed by atoms with Gasteiger partial charge in [-0.3, -0.25) is 9.69 Å². The van der Waals surface area contributed by atoms with Crippen LogP contribution in [0, 0.1) is 0 Å². The minimum Gasteiger partial charge on any atom is -0.481 e. The smallest absolute Gasteiger partial charge is 0.303 e. The number of carboxylic acid groups (broad SMARTS) is 1. The minimum absolute atomic E-state index is 0.118. The second kappa shape index (κ2) is 7.31. The van der Waals surface area contributed by atoms with E-state index in [1.165, 1.54) is 6.42 Å². The van der Waals surface area contributed by atoms with Crippen molar-refractivity contribution in [1.29, 1.82) is 0 Å². The molecule has 0 aromatic rings. The van der Waals surface area contributed by atoms with E-state index in [0.717, 1.165) is 25.9 Å². The zero-order chi connectivity index (χ0) is 13.5. The van der Waals surface area contributed by atoms with E-state index in [1.807, 2.05) is 12.2 Å². The first-order chi connectivity index (χ1) is 9.25. The van der Waals surface area contributed by atoms with E-state index < -0.39 is 12.3 Å². The number of likely N-dealkylation sites (tertiary alicyclic amines) is 1. The van der Waals surface area contributed by atoms with Crippen LogP contribution in [-0.2, 0) is 14.3 Å². The van der Waals surface area contributed by atoms with Crippen LogP contribution in [0.25, 0.3) is 0 Å². The first-order valence-electron chi connectivity index (χ1n) is 6.86. The molecule has 5 heteroatoms. The maximum absolute atomic E-state index is 10.7. The van der Waals surface area contributed by atoms with E-state index in [2.05, 4.69) is 4.90 Å². The van der Waals surface area contributed by atoms with Crippen molar-refractivity contribution in [3.8, 4) is 0 Å². The number of piperidine rings is 1. The molecule has 0 aromatic heterocycles. The molecule has 106 valence electrons. The van der Waals surface area contributed by atoms with Crippen LogP contribution in [0.5, 0.6) is 0 Å². The summed E-state index contributed by atoms with van der Waals surface area (Å²) in [6.45, 7) is 1.94. The van der Waals surface area contributed by atoms with E-state index in [9.17, 15) is 4.79 Å². The molecule has 0 aliphatic carbocycles. The first kappa shape index (κ1) is 14.1. The van der Waals surface area contributed by atoms with Crippen molar-refractivity contribution >= 4 is 5.97 Å². The summed E-state index contributed by atoms with van der Waals surface area (Å²) >= 11 is 0. The molecular formula is C14H21NO4. The Labute approximate surface area is 113 Å². The fourth-order valence-electron chi connectivity index (χ4n) is 2.39. The van der Waals surface area contributed by atoms with Crippen molar-refractivity contribution in [2.45, 2.75) is 44.6 Å². The Balaban J connectivity index is 1.89. The van der Waals surface area contributed by atoms with E-state index in [4.69, 9.17) is 14.6 Å². The summed E-state index contributed by atoms with van der Waals surface area (Å²) in [4.78, 5) is 13.0. The molecular weight excluding hydrogens is 246 g/mol. The molecule has 2 rings (SSSR count). The van der Waals surface area contributed by atoms with E-state index in [0.29, 0.717) is 6.42 Å². The number of ether oxygens (including phenoxy) is 2. The van der Waals surface area contributed by atoms with Gasteiger partial charge in [0, 0.05) is 19.5 Å². The predicted octanol–water partition coefficient (Wildman–Crippen LogP) is 2.11. The summed E-state index contributed by atoms with van der Waals surface area (Å²) < 4.78 is 11.2. The van der Waals surface area contributed by atoms with Gasteiger partial charge in [0.15, 0.2) is 0 Å². The third-order valence-corrected chi connectivity index (χ3v) is 3.36. The molecule has 2 aliphatic heterocycles. The second-order valence-electron chi connectivity index (χ2n) is 4.84. The van der Waals surface area contributed by atoms with Crippen LogP contribution in [-0.4, -0.2) is 41.6 Å². The maximum Gasteiger partial charge on any atom is 0.303 e. The van der Waals surface area contributed by atoms with Crippen LogP contribution in [0.4, 0.5) is 0 Å². The van der Waals surface area contributed by atoms with Crippen LogP contribution in [0.1, 0.15) is 32.1 Å². The first-order valence-corrected chi connectivity index (χ1v) is 6.86. The fourth-order valence-corrected chi connectivity index (χ4v) is 2.39. The summed E-state index contributed by atoms with van der Waals surface area (Å²) in [7, 11) is 0. The summed E-state index contributed by atoms with van der Waals surface area (Å²) in [5.41, 5.74) is 0. The quantitative estimate of drug-likeness (QED) is 0.798. The molecule has 0 bridgehead atoms. The number of nitrogens with zero attached hydrogens (tertiary/aromatic N) is 1. The molecule has 19 heavy (non-hydrogen) atoms. The number of hydrogen-bond donors (Lipinski definition) is 1. The standard InChI is InChI=1S/C14H21NO4/c16-13(17)8-7-12(15-9-3-1-4-10-15)19-14-6-2-5-11-18-14/h2,5-6,11-12,14H,1,3-4,7-10H2,(H,16,17). The van der Waals surface area contributed by atoms with Gasteiger partial charge in [-0.05, 0) is 31.4 Å². The van der Waals surface area contributed by atoms with Crippen LogP contribution in [0.3, 0.4) is 0 Å². The Morgan fingerprint density at radius 2 is 2.16 bits per heavy atom. The third kappa shape index (κ3) is 4.69. The molecule has 0 amide bonds. The topological polar surface area (TPSA) is 59.0 Å². The molecule has 2 unspecified atom stereocenters. The van der Waals surface area contributed by atoms with Gasteiger partial charge in [0.2, 0.25) is 6.29 Å². The number of rotatable bonds is 6. The van der Waals surface area contributed by atoms with Crippen molar-refractivity contribution in [3.63, 3.8) is 0 Å².